The van der Waals surface area contributed by atoms with Crippen molar-refractivity contribution in [2.24, 2.45) is 5.41 Å². The van der Waals surface area contributed by atoms with E-state index in [0.717, 1.165) is 16.0 Å². The second-order valence-electron chi connectivity index (χ2n) is 12.6. The third kappa shape index (κ3) is 12.6. The monoisotopic (exact) mass is 698 g/mol. The lowest BCUT2D eigenvalue weighted by Crippen LogP contribution is -2.57. The molecule has 15 heteroatoms. The number of nitrogens with zero attached hydrogens (tertiary/aromatic N) is 2. The lowest BCUT2D eigenvalue weighted by molar-refractivity contribution is -0.144. The zero-order chi connectivity index (χ0) is 36.0. The number of aliphatic hydroxyl groups is 1. The van der Waals surface area contributed by atoms with Crippen molar-refractivity contribution < 1.29 is 38.6 Å². The van der Waals surface area contributed by atoms with Gasteiger partial charge in [0.1, 0.15) is 18.7 Å². The summed E-state index contributed by atoms with van der Waals surface area (Å²) >= 11 is 1.44. The molecule has 49 heavy (non-hydrogen) atoms. The van der Waals surface area contributed by atoms with Crippen molar-refractivity contribution in [1.82, 2.24) is 31.2 Å². The van der Waals surface area contributed by atoms with Gasteiger partial charge in [-0.3, -0.25) is 24.0 Å². The van der Waals surface area contributed by atoms with E-state index in [1.165, 1.54) is 23.2 Å². The highest BCUT2D eigenvalue weighted by Crippen LogP contribution is 2.29. The molecule has 1 fully saturated rings. The van der Waals surface area contributed by atoms with Gasteiger partial charge in [-0.2, -0.15) is 0 Å². The zero-order valence-corrected chi connectivity index (χ0v) is 29.2. The summed E-state index contributed by atoms with van der Waals surface area (Å²) in [7, 11) is 0. The third-order valence-electron chi connectivity index (χ3n) is 7.56. The standard InChI is InChI=1S/C34H46N6O8S/c1-6-12-36-29(44)20-48-19-26-30(49-21-38-26)24-9-7-23(8-10-24)17-37-32(45)27-16-25(42)18-40(27)33(46)31(34(3,4)5)39-28(43)11-14-47-15-13-35-22(2)41/h1,7-10,21,25,27,31,42H,11-20H2,2-5H3,(H,35,41)(H,36,44)(H,37,45)(H,39,43)/t25-,27+,31-/m1/s1. The molecule has 1 aromatic heterocycles. The molecule has 1 aliphatic heterocycles. The van der Waals surface area contributed by atoms with Crippen LogP contribution in [-0.2, 0) is 46.6 Å². The predicted octanol–water partition coefficient (Wildman–Crippen LogP) is 0.728. The number of hydrogen-bond donors (Lipinski definition) is 5. The maximum atomic E-state index is 13.8. The fourth-order valence-electron chi connectivity index (χ4n) is 5.05. The van der Waals surface area contributed by atoms with Crippen LogP contribution >= 0.6 is 11.3 Å². The SMILES string of the molecule is C#CCNC(=O)COCc1ncsc1-c1ccc(CNC(=O)[C@@H]2C[C@@H](O)CN2C(=O)[C@@H](NC(=O)CCOCCNC(C)=O)C(C)(C)C)cc1. The molecule has 1 saturated heterocycles. The van der Waals surface area contributed by atoms with Crippen molar-refractivity contribution >= 4 is 40.9 Å². The molecule has 0 radical (unpaired) electrons. The van der Waals surface area contributed by atoms with Gasteiger partial charge in [0.2, 0.25) is 29.5 Å². The molecule has 3 rings (SSSR count). The highest BCUT2D eigenvalue weighted by atomic mass is 32.1. The fourth-order valence-corrected chi connectivity index (χ4v) is 5.85. The molecule has 5 N–H and O–H groups in total. The molecule has 266 valence electrons. The second-order valence-corrected chi connectivity index (χ2v) is 13.5. The van der Waals surface area contributed by atoms with E-state index in [1.807, 2.05) is 45.0 Å². The Balaban J connectivity index is 1.55. The Morgan fingerprint density at radius 1 is 1.08 bits per heavy atom. The van der Waals surface area contributed by atoms with E-state index in [1.54, 1.807) is 5.51 Å². The third-order valence-corrected chi connectivity index (χ3v) is 8.48. The average molecular weight is 699 g/mol. The summed E-state index contributed by atoms with van der Waals surface area (Å²) in [5.74, 6) is 0.597. The first-order chi connectivity index (χ1) is 23.3. The average Bonchev–Trinajstić information content (AvgIpc) is 3.69. The molecule has 0 aliphatic carbocycles. The number of hydrogen-bond acceptors (Lipinski definition) is 10. The van der Waals surface area contributed by atoms with Crippen molar-refractivity contribution in [3.8, 4) is 22.8 Å². The Labute approximate surface area is 290 Å². The van der Waals surface area contributed by atoms with Crippen molar-refractivity contribution in [1.29, 1.82) is 0 Å². The number of thiazole rings is 1. The number of nitrogens with one attached hydrogen (secondary N) is 4. The molecule has 0 saturated carbocycles. The molecule has 1 aliphatic rings. The Bertz CT molecular complexity index is 1480. The smallest absolute Gasteiger partial charge is 0.246 e. The van der Waals surface area contributed by atoms with Gasteiger partial charge in [-0.15, -0.1) is 17.8 Å². The molecular formula is C34H46N6O8S. The lowest BCUT2D eigenvalue weighted by Gasteiger charge is -2.35. The highest BCUT2D eigenvalue weighted by Gasteiger charge is 2.44. The highest BCUT2D eigenvalue weighted by molar-refractivity contribution is 7.13. The summed E-state index contributed by atoms with van der Waals surface area (Å²) in [6.07, 6.45) is 4.34. The number of carbonyl (C=O) groups excluding carboxylic acids is 5. The minimum Gasteiger partial charge on any atom is -0.391 e. The zero-order valence-electron chi connectivity index (χ0n) is 28.4. The second kappa shape index (κ2) is 19.0. The van der Waals surface area contributed by atoms with Gasteiger partial charge in [0.25, 0.3) is 0 Å². The fraction of sp³-hybridized carbons (Fsp3) is 0.529. The summed E-state index contributed by atoms with van der Waals surface area (Å²) in [6, 6.07) is 5.69. The Hall–Kier alpha value is -4.36. The van der Waals surface area contributed by atoms with Gasteiger partial charge in [0.05, 0.1) is 48.6 Å². The topological polar surface area (TPSA) is 188 Å². The van der Waals surface area contributed by atoms with E-state index in [0.29, 0.717) is 12.2 Å². The first-order valence-corrected chi connectivity index (χ1v) is 16.9. The normalized spacial score (nSPS) is 16.4. The van der Waals surface area contributed by atoms with Gasteiger partial charge in [-0.05, 0) is 16.5 Å². The molecule has 2 heterocycles. The molecule has 0 unspecified atom stereocenters. The quantitative estimate of drug-likeness (QED) is 0.117. The summed E-state index contributed by atoms with van der Waals surface area (Å²) in [5.41, 5.74) is 3.43. The van der Waals surface area contributed by atoms with E-state index < -0.39 is 41.3 Å². The van der Waals surface area contributed by atoms with Crippen LogP contribution in [0.2, 0.25) is 0 Å². The predicted molar refractivity (Wildman–Crippen MR) is 183 cm³/mol. The number of ether oxygens (including phenoxy) is 2. The number of β-amino-alcohol motifs (C(OH)–C–C–N with tert-alkyl or cyclic N) is 1. The van der Waals surface area contributed by atoms with Crippen LogP contribution in [0.4, 0.5) is 0 Å². The van der Waals surface area contributed by atoms with E-state index >= 15 is 0 Å². The molecule has 1 aromatic carbocycles. The van der Waals surface area contributed by atoms with E-state index in [2.05, 4.69) is 32.2 Å². The number of amides is 5. The molecule has 5 amide bonds. The van der Waals surface area contributed by atoms with E-state index in [9.17, 15) is 29.1 Å². The van der Waals surface area contributed by atoms with Gasteiger partial charge in [0, 0.05) is 39.4 Å². The van der Waals surface area contributed by atoms with Crippen LogP contribution in [0.25, 0.3) is 10.4 Å². The molecule has 0 spiro atoms. The Morgan fingerprint density at radius 2 is 1.82 bits per heavy atom. The van der Waals surface area contributed by atoms with Crippen LogP contribution in [0.15, 0.2) is 29.8 Å². The molecule has 3 atom stereocenters. The van der Waals surface area contributed by atoms with Crippen LogP contribution in [-0.4, -0.2) is 102 Å². The number of aliphatic hydroxyl groups excluding tert-OH is 1. The number of carbonyl (C=O) groups is 5. The number of likely N-dealkylation sites (tertiary alicyclic amines) is 1. The lowest BCUT2D eigenvalue weighted by atomic mass is 9.85. The maximum Gasteiger partial charge on any atom is 0.246 e. The number of benzene rings is 1. The number of rotatable bonds is 17. The van der Waals surface area contributed by atoms with Crippen molar-refractivity contribution in [2.75, 3.05) is 39.5 Å². The van der Waals surface area contributed by atoms with Gasteiger partial charge < -0.3 is 40.7 Å². The van der Waals surface area contributed by atoms with Gasteiger partial charge in [0.15, 0.2) is 0 Å². The maximum absolute atomic E-state index is 13.8. The molecule has 2 aromatic rings. The van der Waals surface area contributed by atoms with Crippen molar-refractivity contribution in [3.05, 3.63) is 41.0 Å². The minimum absolute atomic E-state index is 0.00971. The number of aromatic nitrogens is 1. The Morgan fingerprint density at radius 3 is 2.49 bits per heavy atom. The van der Waals surface area contributed by atoms with Gasteiger partial charge >= 0.3 is 0 Å². The van der Waals surface area contributed by atoms with Crippen LogP contribution in [0, 0.1) is 17.8 Å². The summed E-state index contributed by atoms with van der Waals surface area (Å²) < 4.78 is 10.9. The molecule has 14 nitrogen and oxygen atoms in total. The Kier molecular flexibility index (Phi) is 15.1. The first-order valence-electron chi connectivity index (χ1n) is 16.0. The van der Waals surface area contributed by atoms with E-state index in [-0.39, 0.29) is 70.7 Å². The number of terminal acetylenes is 1. The van der Waals surface area contributed by atoms with E-state index in [4.69, 9.17) is 15.9 Å². The first kappa shape index (κ1) is 39.1. The largest absolute Gasteiger partial charge is 0.391 e. The van der Waals surface area contributed by atoms with Crippen LogP contribution in [0.3, 0.4) is 0 Å². The molecule has 0 bridgehead atoms. The van der Waals surface area contributed by atoms with Crippen LogP contribution in [0.1, 0.15) is 51.8 Å². The van der Waals surface area contributed by atoms with Crippen LogP contribution in [0.5, 0.6) is 0 Å². The summed E-state index contributed by atoms with van der Waals surface area (Å²) in [5, 5.41) is 21.3. The van der Waals surface area contributed by atoms with Crippen molar-refractivity contribution in [2.45, 2.75) is 71.9 Å². The molecular weight excluding hydrogens is 652 g/mol. The van der Waals surface area contributed by atoms with Crippen LogP contribution < -0.4 is 21.3 Å². The van der Waals surface area contributed by atoms with Crippen molar-refractivity contribution in [3.63, 3.8) is 0 Å². The van der Waals surface area contributed by atoms with Gasteiger partial charge in [-0.1, -0.05) is 51.0 Å². The minimum atomic E-state index is -0.944. The summed E-state index contributed by atoms with van der Waals surface area (Å²) in [4.78, 5) is 69.1. The summed E-state index contributed by atoms with van der Waals surface area (Å²) in [6.45, 7) is 7.84. The van der Waals surface area contributed by atoms with Gasteiger partial charge in [-0.25, -0.2) is 4.98 Å².